The summed E-state index contributed by atoms with van der Waals surface area (Å²) in [5.41, 5.74) is 2.47. The standard InChI is InChI=1S/C21H26Cl2N4O/c1-3-17-14(2)24-21-26(19-10-9-15(22)11-18(19)23)12-25(13-27(21)20(17)28)16-7-5-4-6-8-16/h9-11,16H,3-8,12-13H2,1-2H3. The Morgan fingerprint density at radius 3 is 2.57 bits per heavy atom. The van der Waals surface area contributed by atoms with Gasteiger partial charge in [0.15, 0.2) is 0 Å². The van der Waals surface area contributed by atoms with Gasteiger partial charge in [0.2, 0.25) is 5.95 Å². The second-order valence-corrected chi connectivity index (χ2v) is 8.59. The van der Waals surface area contributed by atoms with E-state index in [1.165, 1.54) is 32.1 Å². The Morgan fingerprint density at radius 2 is 1.89 bits per heavy atom. The minimum absolute atomic E-state index is 0.0561. The first kappa shape index (κ1) is 19.7. The minimum atomic E-state index is 0.0561. The molecule has 4 rings (SSSR count). The maximum atomic E-state index is 13.2. The zero-order valence-electron chi connectivity index (χ0n) is 16.4. The molecule has 5 nitrogen and oxygen atoms in total. The summed E-state index contributed by atoms with van der Waals surface area (Å²) in [5.74, 6) is 0.663. The van der Waals surface area contributed by atoms with E-state index in [1.807, 2.05) is 30.5 Å². The van der Waals surface area contributed by atoms with Crippen molar-refractivity contribution in [3.63, 3.8) is 0 Å². The fourth-order valence-electron chi connectivity index (χ4n) is 4.46. The lowest BCUT2D eigenvalue weighted by Crippen LogP contribution is -2.52. The third-order valence-electron chi connectivity index (χ3n) is 5.98. The van der Waals surface area contributed by atoms with Crippen LogP contribution in [-0.2, 0) is 13.1 Å². The molecule has 0 radical (unpaired) electrons. The second kappa shape index (κ2) is 8.05. The lowest BCUT2D eigenvalue weighted by Gasteiger charge is -2.43. The number of hydrogen-bond donors (Lipinski definition) is 0. The van der Waals surface area contributed by atoms with Gasteiger partial charge in [-0.15, -0.1) is 0 Å². The summed E-state index contributed by atoms with van der Waals surface area (Å²) in [6.45, 7) is 5.17. The van der Waals surface area contributed by atoms with Crippen molar-refractivity contribution in [3.05, 3.63) is 49.9 Å². The molecule has 2 aromatic rings. The van der Waals surface area contributed by atoms with E-state index in [-0.39, 0.29) is 5.56 Å². The quantitative estimate of drug-likeness (QED) is 0.690. The van der Waals surface area contributed by atoms with E-state index in [1.54, 1.807) is 6.07 Å². The van der Waals surface area contributed by atoms with Crippen LogP contribution in [0.25, 0.3) is 0 Å². The minimum Gasteiger partial charge on any atom is -0.297 e. The van der Waals surface area contributed by atoms with E-state index in [2.05, 4.69) is 9.80 Å². The van der Waals surface area contributed by atoms with E-state index in [4.69, 9.17) is 28.2 Å². The molecule has 28 heavy (non-hydrogen) atoms. The average molecular weight is 421 g/mol. The van der Waals surface area contributed by atoms with Gasteiger partial charge in [0.25, 0.3) is 5.56 Å². The predicted octanol–water partition coefficient (Wildman–Crippen LogP) is 5.12. The molecular formula is C21H26Cl2N4O. The molecule has 1 saturated carbocycles. The highest BCUT2D eigenvalue weighted by Crippen LogP contribution is 2.36. The van der Waals surface area contributed by atoms with Gasteiger partial charge in [0.05, 0.1) is 24.0 Å². The van der Waals surface area contributed by atoms with E-state index in [9.17, 15) is 4.79 Å². The van der Waals surface area contributed by atoms with Crippen LogP contribution >= 0.6 is 23.2 Å². The van der Waals surface area contributed by atoms with E-state index in [0.717, 1.165) is 16.9 Å². The van der Waals surface area contributed by atoms with Gasteiger partial charge in [-0.25, -0.2) is 4.98 Å². The topological polar surface area (TPSA) is 41.4 Å². The normalized spacial score (nSPS) is 18.4. The lowest BCUT2D eigenvalue weighted by atomic mass is 9.94. The highest BCUT2D eigenvalue weighted by atomic mass is 35.5. The van der Waals surface area contributed by atoms with E-state index < -0.39 is 0 Å². The number of aryl methyl sites for hydroxylation is 1. The number of nitrogens with zero attached hydrogens (tertiary/aromatic N) is 4. The first-order valence-electron chi connectivity index (χ1n) is 10.1. The predicted molar refractivity (Wildman–Crippen MR) is 115 cm³/mol. The van der Waals surface area contributed by atoms with Crippen LogP contribution in [0.4, 0.5) is 11.6 Å². The molecule has 1 aliphatic heterocycles. The molecular weight excluding hydrogens is 395 g/mol. The van der Waals surface area contributed by atoms with Crippen molar-refractivity contribution < 1.29 is 0 Å². The zero-order valence-corrected chi connectivity index (χ0v) is 17.9. The first-order chi connectivity index (χ1) is 13.5. The van der Waals surface area contributed by atoms with Gasteiger partial charge < -0.3 is 0 Å². The summed E-state index contributed by atoms with van der Waals surface area (Å²) in [5, 5.41) is 1.16. The van der Waals surface area contributed by atoms with Crippen molar-refractivity contribution in [2.45, 2.75) is 65.1 Å². The summed E-state index contributed by atoms with van der Waals surface area (Å²) in [6.07, 6.45) is 6.82. The molecule has 2 heterocycles. The number of hydrogen-bond acceptors (Lipinski definition) is 4. The van der Waals surface area contributed by atoms with E-state index in [0.29, 0.717) is 41.8 Å². The molecule has 0 unspecified atom stereocenters. The third-order valence-corrected chi connectivity index (χ3v) is 6.52. The van der Waals surface area contributed by atoms with Crippen molar-refractivity contribution in [3.8, 4) is 0 Å². The van der Waals surface area contributed by atoms with Crippen molar-refractivity contribution in [1.82, 2.24) is 14.5 Å². The van der Waals surface area contributed by atoms with Crippen LogP contribution in [0.2, 0.25) is 10.0 Å². The molecule has 0 bridgehead atoms. The Kier molecular flexibility index (Phi) is 5.68. The molecule has 1 aliphatic carbocycles. The fourth-order valence-corrected chi connectivity index (χ4v) is 4.97. The van der Waals surface area contributed by atoms with Crippen LogP contribution in [0.1, 0.15) is 50.3 Å². The highest BCUT2D eigenvalue weighted by Gasteiger charge is 2.32. The van der Waals surface area contributed by atoms with Crippen molar-refractivity contribution >= 4 is 34.8 Å². The Balaban J connectivity index is 1.84. The highest BCUT2D eigenvalue weighted by molar-refractivity contribution is 6.36. The first-order valence-corrected chi connectivity index (χ1v) is 10.8. The van der Waals surface area contributed by atoms with Gasteiger partial charge in [-0.05, 0) is 44.4 Å². The molecule has 1 aromatic heterocycles. The molecule has 150 valence electrons. The zero-order chi connectivity index (χ0) is 19.8. The third kappa shape index (κ3) is 3.56. The Morgan fingerprint density at radius 1 is 1.14 bits per heavy atom. The van der Waals surface area contributed by atoms with Gasteiger partial charge >= 0.3 is 0 Å². The summed E-state index contributed by atoms with van der Waals surface area (Å²) < 4.78 is 1.81. The number of anilines is 2. The molecule has 0 amide bonds. The summed E-state index contributed by atoms with van der Waals surface area (Å²) in [6, 6.07) is 5.97. The fraction of sp³-hybridized carbons (Fsp3) is 0.524. The van der Waals surface area contributed by atoms with Crippen LogP contribution in [0.3, 0.4) is 0 Å². The van der Waals surface area contributed by atoms with Crippen LogP contribution < -0.4 is 10.5 Å². The van der Waals surface area contributed by atoms with Crippen molar-refractivity contribution in [2.75, 3.05) is 11.6 Å². The molecule has 2 aliphatic rings. The molecule has 0 atom stereocenters. The van der Waals surface area contributed by atoms with Gasteiger partial charge in [-0.3, -0.25) is 19.2 Å². The van der Waals surface area contributed by atoms with Crippen LogP contribution in [0, 0.1) is 6.92 Å². The van der Waals surface area contributed by atoms with Crippen molar-refractivity contribution in [2.24, 2.45) is 0 Å². The van der Waals surface area contributed by atoms with Gasteiger partial charge in [-0.2, -0.15) is 0 Å². The smallest absolute Gasteiger partial charge is 0.259 e. The Bertz CT molecular complexity index is 937. The SMILES string of the molecule is CCc1c(C)nc2n(c1=O)CN(C1CCCCC1)CN2c1ccc(Cl)cc1Cl. The number of fused-ring (bicyclic) bond motifs is 1. The maximum Gasteiger partial charge on any atom is 0.259 e. The number of halogens is 2. The summed E-state index contributed by atoms with van der Waals surface area (Å²) in [4.78, 5) is 22.5. The molecule has 7 heteroatoms. The Labute approximate surface area is 175 Å². The molecule has 0 spiro atoms. The van der Waals surface area contributed by atoms with Gasteiger partial charge in [0, 0.05) is 22.3 Å². The lowest BCUT2D eigenvalue weighted by molar-refractivity contribution is 0.107. The maximum absolute atomic E-state index is 13.2. The molecule has 1 fully saturated rings. The largest absolute Gasteiger partial charge is 0.297 e. The van der Waals surface area contributed by atoms with Gasteiger partial charge in [-0.1, -0.05) is 49.4 Å². The number of benzene rings is 1. The molecule has 0 saturated heterocycles. The van der Waals surface area contributed by atoms with Crippen LogP contribution in [0.15, 0.2) is 23.0 Å². The number of rotatable bonds is 3. The molecule has 0 N–H and O–H groups in total. The van der Waals surface area contributed by atoms with Crippen molar-refractivity contribution in [1.29, 1.82) is 0 Å². The second-order valence-electron chi connectivity index (χ2n) is 7.75. The summed E-state index contributed by atoms with van der Waals surface area (Å²) >= 11 is 12.7. The monoisotopic (exact) mass is 420 g/mol. The Hall–Kier alpha value is -1.56. The van der Waals surface area contributed by atoms with Gasteiger partial charge in [0.1, 0.15) is 0 Å². The average Bonchev–Trinajstić information content (AvgIpc) is 2.69. The van der Waals surface area contributed by atoms with Crippen LogP contribution in [0.5, 0.6) is 0 Å². The molecule has 1 aromatic carbocycles. The van der Waals surface area contributed by atoms with Crippen LogP contribution in [-0.4, -0.2) is 27.2 Å². The van der Waals surface area contributed by atoms with E-state index >= 15 is 0 Å². The summed E-state index contributed by atoms with van der Waals surface area (Å²) in [7, 11) is 0. The number of aromatic nitrogens is 2.